The number of nitrogens with two attached hydrogens (primary N) is 2. The zero-order valence-corrected chi connectivity index (χ0v) is 15.9. The number of hydrogen-bond donors (Lipinski definition) is 2. The molecule has 0 aliphatic carbocycles. The molecule has 0 saturated carbocycles. The van der Waals surface area contributed by atoms with E-state index in [2.05, 4.69) is 41.1 Å². The molecule has 0 amide bonds. The molecule has 0 atom stereocenters. The Bertz CT molecular complexity index is 945. The molecule has 4 rings (SSSR count). The molecular weight excluding hydrogens is 334 g/mol. The Balaban J connectivity index is 1.55. The molecule has 27 heavy (non-hydrogen) atoms. The number of nitrogen functional groups attached to an aromatic ring is 2. The first-order chi connectivity index (χ1) is 13.1. The van der Waals surface area contributed by atoms with Gasteiger partial charge in [0.1, 0.15) is 0 Å². The Hall–Kier alpha value is -2.63. The summed E-state index contributed by atoms with van der Waals surface area (Å²) < 4.78 is 0. The van der Waals surface area contributed by atoms with Crippen LogP contribution in [0, 0.1) is 0 Å². The van der Waals surface area contributed by atoms with E-state index >= 15 is 0 Å². The molecule has 5 nitrogen and oxygen atoms in total. The SMILES string of the molecule is CN1CCN(Cc2cccc(Cc3nc4ccccc4c(N)c3N)c2)CC1. The summed E-state index contributed by atoms with van der Waals surface area (Å²) in [5.74, 6) is 0. The molecule has 1 saturated heterocycles. The van der Waals surface area contributed by atoms with Crippen LogP contribution in [0.2, 0.25) is 0 Å². The van der Waals surface area contributed by atoms with Gasteiger partial charge in [0.15, 0.2) is 0 Å². The van der Waals surface area contributed by atoms with E-state index < -0.39 is 0 Å². The van der Waals surface area contributed by atoms with Crippen LogP contribution in [-0.4, -0.2) is 48.0 Å². The molecule has 4 N–H and O–H groups in total. The predicted octanol–water partition coefficient (Wildman–Crippen LogP) is 2.74. The molecule has 140 valence electrons. The lowest BCUT2D eigenvalue weighted by atomic mass is 10.0. The summed E-state index contributed by atoms with van der Waals surface area (Å²) in [6, 6.07) is 16.6. The number of piperazine rings is 1. The fourth-order valence-corrected chi connectivity index (χ4v) is 3.74. The minimum absolute atomic E-state index is 0.596. The lowest BCUT2D eigenvalue weighted by molar-refractivity contribution is 0.148. The maximum atomic E-state index is 6.30. The number of rotatable bonds is 4. The highest BCUT2D eigenvalue weighted by Gasteiger charge is 2.15. The fraction of sp³-hybridized carbons (Fsp3) is 0.318. The summed E-state index contributed by atoms with van der Waals surface area (Å²) in [5, 5.41) is 0.919. The topological polar surface area (TPSA) is 71.4 Å². The second-order valence-electron chi connectivity index (χ2n) is 7.48. The minimum Gasteiger partial charge on any atom is -0.396 e. The summed E-state index contributed by atoms with van der Waals surface area (Å²) in [6.07, 6.45) is 0.692. The van der Waals surface area contributed by atoms with Gasteiger partial charge < -0.3 is 16.4 Å². The van der Waals surface area contributed by atoms with Crippen LogP contribution in [0.4, 0.5) is 11.4 Å². The molecule has 1 aromatic heterocycles. The molecule has 0 radical (unpaired) electrons. The largest absolute Gasteiger partial charge is 0.396 e. The summed E-state index contributed by atoms with van der Waals surface area (Å²) in [5.41, 5.74) is 18.1. The Kier molecular flexibility index (Phi) is 4.97. The standard InChI is InChI=1S/C22H27N5/c1-26-9-11-27(12-10-26)15-17-6-4-5-16(13-17)14-20-22(24)21(23)18-7-2-3-8-19(18)25-20/h2-8,13H,9-12,14-15,24H2,1H3,(H2,23,25). The first-order valence-electron chi connectivity index (χ1n) is 9.51. The van der Waals surface area contributed by atoms with Crippen molar-refractivity contribution in [3.8, 4) is 0 Å². The summed E-state index contributed by atoms with van der Waals surface area (Å²) in [4.78, 5) is 9.66. The lowest BCUT2D eigenvalue weighted by Crippen LogP contribution is -2.43. The number of anilines is 2. The van der Waals surface area contributed by atoms with Gasteiger partial charge >= 0.3 is 0 Å². The van der Waals surface area contributed by atoms with Crippen molar-refractivity contribution in [1.29, 1.82) is 0 Å². The van der Waals surface area contributed by atoms with Crippen LogP contribution in [0.15, 0.2) is 48.5 Å². The zero-order valence-electron chi connectivity index (χ0n) is 15.9. The van der Waals surface area contributed by atoms with Crippen LogP contribution in [0.1, 0.15) is 16.8 Å². The molecule has 0 bridgehead atoms. The number of nitrogens with zero attached hydrogens (tertiary/aromatic N) is 3. The van der Waals surface area contributed by atoms with Crippen LogP contribution >= 0.6 is 0 Å². The predicted molar refractivity (Wildman–Crippen MR) is 113 cm³/mol. The highest BCUT2D eigenvalue weighted by molar-refractivity contribution is 5.96. The van der Waals surface area contributed by atoms with Gasteiger partial charge in [-0.1, -0.05) is 42.5 Å². The van der Waals surface area contributed by atoms with Crippen molar-refractivity contribution in [1.82, 2.24) is 14.8 Å². The number of para-hydroxylation sites is 1. The van der Waals surface area contributed by atoms with Gasteiger partial charge in [-0.2, -0.15) is 0 Å². The number of aromatic nitrogens is 1. The van der Waals surface area contributed by atoms with Gasteiger partial charge in [-0.25, -0.2) is 0 Å². The van der Waals surface area contributed by atoms with E-state index in [1.54, 1.807) is 0 Å². The number of hydrogen-bond acceptors (Lipinski definition) is 5. The highest BCUT2D eigenvalue weighted by Crippen LogP contribution is 2.29. The van der Waals surface area contributed by atoms with E-state index in [1.165, 1.54) is 11.1 Å². The maximum absolute atomic E-state index is 6.30. The lowest BCUT2D eigenvalue weighted by Gasteiger charge is -2.32. The fourth-order valence-electron chi connectivity index (χ4n) is 3.74. The van der Waals surface area contributed by atoms with Crippen LogP contribution in [0.25, 0.3) is 10.9 Å². The average Bonchev–Trinajstić information content (AvgIpc) is 2.68. The van der Waals surface area contributed by atoms with Gasteiger partial charge in [-0.15, -0.1) is 0 Å². The van der Waals surface area contributed by atoms with Gasteiger partial charge in [0, 0.05) is 44.5 Å². The van der Waals surface area contributed by atoms with Crippen molar-refractivity contribution in [2.75, 3.05) is 44.7 Å². The third-order valence-corrected chi connectivity index (χ3v) is 5.42. The van der Waals surface area contributed by atoms with Crippen LogP contribution in [0.3, 0.4) is 0 Å². The van der Waals surface area contributed by atoms with Crippen molar-refractivity contribution >= 4 is 22.3 Å². The monoisotopic (exact) mass is 361 g/mol. The van der Waals surface area contributed by atoms with E-state index in [0.29, 0.717) is 17.8 Å². The van der Waals surface area contributed by atoms with Crippen molar-refractivity contribution in [3.63, 3.8) is 0 Å². The Morgan fingerprint density at radius 1 is 0.889 bits per heavy atom. The molecule has 2 heterocycles. The van der Waals surface area contributed by atoms with Gasteiger partial charge in [0.25, 0.3) is 0 Å². The van der Waals surface area contributed by atoms with Crippen LogP contribution in [0.5, 0.6) is 0 Å². The van der Waals surface area contributed by atoms with E-state index in [1.807, 2.05) is 24.3 Å². The minimum atomic E-state index is 0.596. The molecule has 1 aliphatic rings. The molecule has 5 heteroatoms. The third kappa shape index (κ3) is 3.89. The maximum Gasteiger partial charge on any atom is 0.0777 e. The summed E-state index contributed by atoms with van der Waals surface area (Å²) in [7, 11) is 2.19. The van der Waals surface area contributed by atoms with Crippen molar-refractivity contribution in [3.05, 3.63) is 65.4 Å². The number of pyridine rings is 1. The van der Waals surface area contributed by atoms with Crippen LogP contribution in [-0.2, 0) is 13.0 Å². The molecular formula is C22H27N5. The highest BCUT2D eigenvalue weighted by atomic mass is 15.2. The second kappa shape index (κ2) is 7.55. The average molecular weight is 361 g/mol. The number of likely N-dealkylation sites (N-methyl/N-ethyl adjacent to an activating group) is 1. The normalized spacial score (nSPS) is 16.0. The Morgan fingerprint density at radius 3 is 2.44 bits per heavy atom. The van der Waals surface area contributed by atoms with Crippen molar-refractivity contribution in [2.45, 2.75) is 13.0 Å². The molecule has 1 fully saturated rings. The van der Waals surface area contributed by atoms with Gasteiger partial charge in [-0.3, -0.25) is 9.88 Å². The molecule has 0 spiro atoms. The quantitative estimate of drug-likeness (QED) is 0.748. The number of fused-ring (bicyclic) bond motifs is 1. The van der Waals surface area contributed by atoms with Gasteiger partial charge in [-0.05, 0) is 24.2 Å². The van der Waals surface area contributed by atoms with E-state index in [0.717, 1.165) is 49.3 Å². The zero-order chi connectivity index (χ0) is 18.8. The Labute approximate surface area is 160 Å². The Morgan fingerprint density at radius 2 is 1.63 bits per heavy atom. The van der Waals surface area contributed by atoms with Crippen molar-refractivity contribution < 1.29 is 0 Å². The van der Waals surface area contributed by atoms with E-state index in [-0.39, 0.29) is 0 Å². The smallest absolute Gasteiger partial charge is 0.0777 e. The van der Waals surface area contributed by atoms with Gasteiger partial charge in [0.05, 0.1) is 22.6 Å². The first-order valence-corrected chi connectivity index (χ1v) is 9.51. The van der Waals surface area contributed by atoms with Crippen molar-refractivity contribution in [2.24, 2.45) is 0 Å². The molecule has 0 unspecified atom stereocenters. The van der Waals surface area contributed by atoms with Crippen LogP contribution < -0.4 is 11.5 Å². The number of benzene rings is 2. The third-order valence-electron chi connectivity index (χ3n) is 5.42. The van der Waals surface area contributed by atoms with E-state index in [4.69, 9.17) is 16.5 Å². The molecule has 3 aromatic rings. The summed E-state index contributed by atoms with van der Waals surface area (Å²) >= 11 is 0. The summed E-state index contributed by atoms with van der Waals surface area (Å²) in [6.45, 7) is 5.50. The molecule has 2 aromatic carbocycles. The van der Waals surface area contributed by atoms with E-state index in [9.17, 15) is 0 Å². The second-order valence-corrected chi connectivity index (χ2v) is 7.48. The first kappa shape index (κ1) is 17.8. The molecule has 1 aliphatic heterocycles. The van der Waals surface area contributed by atoms with Gasteiger partial charge in [0.2, 0.25) is 0 Å².